The lowest BCUT2D eigenvalue weighted by molar-refractivity contribution is -0.114. The number of hydrogen-bond donors (Lipinski definition) is 2. The molecule has 5 heteroatoms. The molecule has 104 valence electrons. The predicted octanol–water partition coefficient (Wildman–Crippen LogP) is 4.46. The summed E-state index contributed by atoms with van der Waals surface area (Å²) in [6, 6.07) is 13.0. The van der Waals surface area contributed by atoms with Gasteiger partial charge in [-0.15, -0.1) is 0 Å². The van der Waals surface area contributed by atoms with Crippen LogP contribution < -0.4 is 10.6 Å². The van der Waals surface area contributed by atoms with Gasteiger partial charge in [-0.05, 0) is 42.8 Å². The lowest BCUT2D eigenvalue weighted by atomic mass is 10.2. The van der Waals surface area contributed by atoms with Crippen LogP contribution in [0.2, 0.25) is 5.02 Å². The van der Waals surface area contributed by atoms with Gasteiger partial charge in [0.2, 0.25) is 5.91 Å². The van der Waals surface area contributed by atoms with Gasteiger partial charge in [0, 0.05) is 10.2 Å². The van der Waals surface area contributed by atoms with Crippen molar-refractivity contribution < 1.29 is 4.79 Å². The molecule has 2 aromatic carbocycles. The molecule has 0 fully saturated rings. The first-order valence-corrected chi connectivity index (χ1v) is 7.28. The topological polar surface area (TPSA) is 41.1 Å². The first-order chi connectivity index (χ1) is 9.56. The summed E-state index contributed by atoms with van der Waals surface area (Å²) in [4.78, 5) is 11.9. The summed E-state index contributed by atoms with van der Waals surface area (Å²) in [6.07, 6.45) is 0. The van der Waals surface area contributed by atoms with Gasteiger partial charge in [-0.1, -0.05) is 39.7 Å². The van der Waals surface area contributed by atoms with Crippen molar-refractivity contribution in [2.75, 3.05) is 17.2 Å². The minimum absolute atomic E-state index is 0.119. The van der Waals surface area contributed by atoms with E-state index in [-0.39, 0.29) is 12.5 Å². The van der Waals surface area contributed by atoms with Crippen LogP contribution >= 0.6 is 27.5 Å². The highest BCUT2D eigenvalue weighted by molar-refractivity contribution is 9.10. The maximum Gasteiger partial charge on any atom is 0.243 e. The van der Waals surface area contributed by atoms with E-state index in [1.165, 1.54) is 0 Å². The average molecular weight is 354 g/mol. The summed E-state index contributed by atoms with van der Waals surface area (Å²) in [5, 5.41) is 6.44. The average Bonchev–Trinajstić information content (AvgIpc) is 2.42. The number of rotatable bonds is 4. The molecule has 0 saturated carbocycles. The minimum Gasteiger partial charge on any atom is -0.375 e. The van der Waals surface area contributed by atoms with E-state index in [4.69, 9.17) is 11.6 Å². The van der Waals surface area contributed by atoms with E-state index in [1.54, 1.807) is 6.07 Å². The number of carbonyl (C=O) groups is 1. The standard InChI is InChI=1S/C15H14BrClN2O/c1-10-8-11(6-7-12(10)16)19-15(20)9-18-14-5-3-2-4-13(14)17/h2-8,18H,9H2,1H3,(H,19,20). The Morgan fingerprint density at radius 1 is 1.25 bits per heavy atom. The summed E-state index contributed by atoms with van der Waals surface area (Å²) >= 11 is 9.43. The second kappa shape index (κ2) is 6.77. The smallest absolute Gasteiger partial charge is 0.243 e. The number of para-hydroxylation sites is 1. The lowest BCUT2D eigenvalue weighted by Crippen LogP contribution is -2.21. The highest BCUT2D eigenvalue weighted by Gasteiger charge is 2.05. The van der Waals surface area contributed by atoms with Crippen LogP contribution in [0.3, 0.4) is 0 Å². The van der Waals surface area contributed by atoms with Crippen LogP contribution in [-0.4, -0.2) is 12.5 Å². The van der Waals surface area contributed by atoms with E-state index in [0.717, 1.165) is 21.4 Å². The summed E-state index contributed by atoms with van der Waals surface area (Å²) in [6.45, 7) is 2.14. The largest absolute Gasteiger partial charge is 0.375 e. The Kier molecular flexibility index (Phi) is 5.04. The van der Waals surface area contributed by atoms with Crippen molar-refractivity contribution in [3.05, 3.63) is 57.5 Å². The highest BCUT2D eigenvalue weighted by Crippen LogP contribution is 2.21. The fourth-order valence-corrected chi connectivity index (χ4v) is 2.16. The van der Waals surface area contributed by atoms with Crippen LogP contribution in [0.5, 0.6) is 0 Å². The van der Waals surface area contributed by atoms with Gasteiger partial charge in [0.25, 0.3) is 0 Å². The van der Waals surface area contributed by atoms with Crippen LogP contribution in [0.4, 0.5) is 11.4 Å². The molecule has 1 amide bonds. The van der Waals surface area contributed by atoms with Crippen LogP contribution in [0.1, 0.15) is 5.56 Å². The molecular formula is C15H14BrClN2O. The van der Waals surface area contributed by atoms with Gasteiger partial charge in [0.15, 0.2) is 0 Å². The van der Waals surface area contributed by atoms with Gasteiger partial charge in [-0.25, -0.2) is 0 Å². The normalized spacial score (nSPS) is 10.2. The third-order valence-corrected chi connectivity index (χ3v) is 3.97. The fourth-order valence-electron chi connectivity index (χ4n) is 1.71. The molecule has 0 unspecified atom stereocenters. The Hall–Kier alpha value is -1.52. The summed E-state index contributed by atoms with van der Waals surface area (Å²) in [5.74, 6) is -0.119. The van der Waals surface area contributed by atoms with Gasteiger partial charge in [-0.2, -0.15) is 0 Å². The maximum atomic E-state index is 11.9. The molecule has 0 atom stereocenters. The molecule has 0 aliphatic carbocycles. The number of anilines is 2. The number of amides is 1. The third-order valence-electron chi connectivity index (χ3n) is 2.75. The van der Waals surface area contributed by atoms with E-state index < -0.39 is 0 Å². The molecular weight excluding hydrogens is 340 g/mol. The second-order valence-corrected chi connectivity index (χ2v) is 5.61. The van der Waals surface area contributed by atoms with Gasteiger partial charge in [0.1, 0.15) is 0 Å². The Bertz CT molecular complexity index is 631. The molecule has 0 radical (unpaired) electrons. The second-order valence-electron chi connectivity index (χ2n) is 4.35. The van der Waals surface area contributed by atoms with E-state index in [2.05, 4.69) is 26.6 Å². The van der Waals surface area contributed by atoms with E-state index in [0.29, 0.717) is 5.02 Å². The quantitative estimate of drug-likeness (QED) is 0.852. The van der Waals surface area contributed by atoms with Gasteiger partial charge in [-0.3, -0.25) is 4.79 Å². The van der Waals surface area contributed by atoms with Gasteiger partial charge < -0.3 is 10.6 Å². The van der Waals surface area contributed by atoms with Crippen molar-refractivity contribution in [3.63, 3.8) is 0 Å². The Labute approximate surface area is 131 Å². The monoisotopic (exact) mass is 352 g/mol. The molecule has 2 N–H and O–H groups in total. The molecule has 20 heavy (non-hydrogen) atoms. The third kappa shape index (κ3) is 3.99. The Morgan fingerprint density at radius 2 is 2.00 bits per heavy atom. The first-order valence-electron chi connectivity index (χ1n) is 6.10. The van der Waals surface area contributed by atoms with Crippen molar-refractivity contribution in [2.45, 2.75) is 6.92 Å². The first kappa shape index (κ1) is 14.9. The number of halogens is 2. The van der Waals surface area contributed by atoms with Crippen molar-refractivity contribution >= 4 is 44.8 Å². The van der Waals surface area contributed by atoms with Crippen LogP contribution in [0.25, 0.3) is 0 Å². The molecule has 0 aliphatic heterocycles. The summed E-state index contributed by atoms with van der Waals surface area (Å²) < 4.78 is 1.02. The number of hydrogen-bond acceptors (Lipinski definition) is 2. The zero-order chi connectivity index (χ0) is 14.5. The maximum absolute atomic E-state index is 11.9. The highest BCUT2D eigenvalue weighted by atomic mass is 79.9. The fraction of sp³-hybridized carbons (Fsp3) is 0.133. The summed E-state index contributed by atoms with van der Waals surface area (Å²) in [5.41, 5.74) is 2.59. The number of carbonyl (C=O) groups excluding carboxylic acids is 1. The number of nitrogens with one attached hydrogen (secondary N) is 2. The van der Waals surface area contributed by atoms with Crippen molar-refractivity contribution in [1.82, 2.24) is 0 Å². The van der Waals surface area contributed by atoms with Crippen LogP contribution in [0.15, 0.2) is 46.9 Å². The van der Waals surface area contributed by atoms with E-state index >= 15 is 0 Å². The predicted molar refractivity (Wildman–Crippen MR) is 87.5 cm³/mol. The Morgan fingerprint density at radius 3 is 2.70 bits per heavy atom. The molecule has 0 spiro atoms. The van der Waals surface area contributed by atoms with E-state index in [1.807, 2.05) is 43.3 Å². The molecule has 0 aliphatic rings. The van der Waals surface area contributed by atoms with Crippen molar-refractivity contribution in [2.24, 2.45) is 0 Å². The summed E-state index contributed by atoms with van der Waals surface area (Å²) in [7, 11) is 0. The van der Waals surface area contributed by atoms with Crippen molar-refractivity contribution in [3.8, 4) is 0 Å². The zero-order valence-electron chi connectivity index (χ0n) is 10.9. The SMILES string of the molecule is Cc1cc(NC(=O)CNc2ccccc2Cl)ccc1Br. The zero-order valence-corrected chi connectivity index (χ0v) is 13.3. The van der Waals surface area contributed by atoms with Gasteiger partial charge in [0.05, 0.1) is 17.3 Å². The van der Waals surface area contributed by atoms with Crippen molar-refractivity contribution in [1.29, 1.82) is 0 Å². The molecule has 0 bridgehead atoms. The molecule has 0 aromatic heterocycles. The minimum atomic E-state index is -0.119. The lowest BCUT2D eigenvalue weighted by Gasteiger charge is -2.10. The van der Waals surface area contributed by atoms with Gasteiger partial charge >= 0.3 is 0 Å². The number of aryl methyl sites for hydroxylation is 1. The molecule has 2 rings (SSSR count). The van der Waals surface area contributed by atoms with Crippen LogP contribution in [0, 0.1) is 6.92 Å². The molecule has 2 aromatic rings. The molecule has 0 saturated heterocycles. The van der Waals surface area contributed by atoms with Crippen LogP contribution in [-0.2, 0) is 4.79 Å². The molecule has 0 heterocycles. The Balaban J connectivity index is 1.93. The number of benzene rings is 2. The molecule has 3 nitrogen and oxygen atoms in total. The van der Waals surface area contributed by atoms with E-state index in [9.17, 15) is 4.79 Å².